The summed E-state index contributed by atoms with van der Waals surface area (Å²) < 4.78 is 23.8. The fourth-order valence-electron chi connectivity index (χ4n) is 0.681. The maximum absolute atomic E-state index is 11.9. The molecule has 0 radical (unpaired) electrons. The quantitative estimate of drug-likeness (QED) is 0.581. The first-order chi connectivity index (χ1) is 4.80. The van der Waals surface area contributed by atoms with Crippen LogP contribution in [0.5, 0.6) is 0 Å². The van der Waals surface area contributed by atoms with Gasteiger partial charge in [0, 0.05) is 12.8 Å². The van der Waals surface area contributed by atoms with Gasteiger partial charge in [-0.1, -0.05) is 0 Å². The van der Waals surface area contributed by atoms with E-state index in [1.165, 1.54) is 12.3 Å². The van der Waals surface area contributed by atoms with Crippen LogP contribution in [0, 0.1) is 0 Å². The molecule has 1 aliphatic heterocycles. The number of allylic oxidation sites excluding steroid dienone is 2. The van der Waals surface area contributed by atoms with E-state index in [9.17, 15) is 8.78 Å². The molecule has 0 amide bonds. The number of rotatable bonds is 1. The monoisotopic (exact) mass is 146 g/mol. The topological polar surface area (TPSA) is 24.4 Å². The molecule has 0 atom stereocenters. The van der Waals surface area contributed by atoms with Gasteiger partial charge in [0.25, 0.3) is 6.43 Å². The highest BCUT2D eigenvalue weighted by Crippen LogP contribution is 2.04. The number of hydrogen-bond donors (Lipinski definition) is 1. The summed E-state index contributed by atoms with van der Waals surface area (Å²) in [7, 11) is 0. The minimum absolute atomic E-state index is 0.0405. The van der Waals surface area contributed by atoms with Crippen molar-refractivity contribution >= 4 is 6.21 Å². The van der Waals surface area contributed by atoms with Crippen LogP contribution in [0.25, 0.3) is 0 Å². The largest absolute Gasteiger partial charge is 0.382 e. The van der Waals surface area contributed by atoms with Crippen LogP contribution in [0.3, 0.4) is 0 Å². The molecule has 56 valence electrons. The van der Waals surface area contributed by atoms with Crippen molar-refractivity contribution < 1.29 is 8.78 Å². The van der Waals surface area contributed by atoms with Gasteiger partial charge in [-0.25, -0.2) is 8.78 Å². The Labute approximate surface area is 57.6 Å². The number of nitrogens with one attached hydrogen (secondary N) is 1. The second-order valence-corrected chi connectivity index (χ2v) is 1.90. The number of alkyl halides is 2. The maximum Gasteiger partial charge on any atom is 0.277 e. The van der Waals surface area contributed by atoms with Crippen LogP contribution in [-0.4, -0.2) is 25.7 Å². The number of hydrogen-bond acceptors (Lipinski definition) is 2. The zero-order valence-corrected chi connectivity index (χ0v) is 5.35. The second kappa shape index (κ2) is 3.29. The standard InChI is InChI=1S/C6H8F2N2/c7-6(8)5-1-2-9-3-4-10-5/h1-2,6,10H,3-4H2. The molecule has 1 aliphatic rings. The van der Waals surface area contributed by atoms with E-state index in [1.807, 2.05) is 0 Å². The third-order valence-electron chi connectivity index (χ3n) is 1.16. The lowest BCUT2D eigenvalue weighted by atomic mass is 10.4. The van der Waals surface area contributed by atoms with Crippen LogP contribution in [0.15, 0.2) is 16.8 Å². The van der Waals surface area contributed by atoms with Crippen LogP contribution < -0.4 is 5.32 Å². The molecule has 1 N–H and O–H groups in total. The number of aliphatic imine (C=N–C) groups is 1. The molecule has 0 unspecified atom stereocenters. The third-order valence-corrected chi connectivity index (χ3v) is 1.16. The summed E-state index contributed by atoms with van der Waals surface area (Å²) >= 11 is 0. The van der Waals surface area contributed by atoms with Crippen molar-refractivity contribution in [2.75, 3.05) is 13.1 Å². The van der Waals surface area contributed by atoms with Gasteiger partial charge in [-0.15, -0.1) is 0 Å². The molecule has 0 spiro atoms. The van der Waals surface area contributed by atoms with Crippen LogP contribution in [0.1, 0.15) is 0 Å². The van der Waals surface area contributed by atoms with Gasteiger partial charge in [0.1, 0.15) is 0 Å². The fourth-order valence-corrected chi connectivity index (χ4v) is 0.681. The molecule has 0 aromatic heterocycles. The lowest BCUT2D eigenvalue weighted by molar-refractivity contribution is 0.181. The molecule has 4 heteroatoms. The molecule has 10 heavy (non-hydrogen) atoms. The second-order valence-electron chi connectivity index (χ2n) is 1.90. The fraction of sp³-hybridized carbons (Fsp3) is 0.500. The SMILES string of the molecule is FC(F)C1=CC=NCCN1. The highest BCUT2D eigenvalue weighted by molar-refractivity contribution is 5.72. The molecule has 0 saturated carbocycles. The number of halogens is 2. The molecule has 0 fully saturated rings. The van der Waals surface area contributed by atoms with Crippen molar-refractivity contribution in [1.82, 2.24) is 5.32 Å². The normalized spacial score (nSPS) is 18.1. The van der Waals surface area contributed by atoms with Crippen molar-refractivity contribution in [3.8, 4) is 0 Å². The van der Waals surface area contributed by atoms with E-state index in [1.54, 1.807) is 0 Å². The van der Waals surface area contributed by atoms with Crippen LogP contribution >= 0.6 is 0 Å². The van der Waals surface area contributed by atoms with E-state index in [-0.39, 0.29) is 5.70 Å². The zero-order valence-electron chi connectivity index (χ0n) is 5.35. The van der Waals surface area contributed by atoms with Crippen molar-refractivity contribution in [2.24, 2.45) is 4.99 Å². The van der Waals surface area contributed by atoms with Gasteiger partial charge in [0.05, 0.1) is 12.2 Å². The van der Waals surface area contributed by atoms with Crippen molar-refractivity contribution in [3.05, 3.63) is 11.8 Å². The van der Waals surface area contributed by atoms with Crippen LogP contribution in [-0.2, 0) is 0 Å². The molecule has 0 aromatic rings. The average molecular weight is 146 g/mol. The summed E-state index contributed by atoms with van der Waals surface area (Å²) in [6.07, 6.45) is 0.295. The third kappa shape index (κ3) is 1.79. The van der Waals surface area contributed by atoms with E-state index in [4.69, 9.17) is 0 Å². The van der Waals surface area contributed by atoms with E-state index in [0.717, 1.165) is 0 Å². The lowest BCUT2D eigenvalue weighted by Gasteiger charge is -2.04. The van der Waals surface area contributed by atoms with E-state index < -0.39 is 6.43 Å². The summed E-state index contributed by atoms with van der Waals surface area (Å²) in [5.74, 6) is 0. The molecule has 0 aliphatic carbocycles. The summed E-state index contributed by atoms with van der Waals surface area (Å²) in [5, 5.41) is 2.57. The minimum atomic E-state index is -2.41. The van der Waals surface area contributed by atoms with Crippen molar-refractivity contribution in [1.29, 1.82) is 0 Å². The summed E-state index contributed by atoms with van der Waals surface area (Å²) in [4.78, 5) is 3.81. The Morgan fingerprint density at radius 2 is 2.40 bits per heavy atom. The lowest BCUT2D eigenvalue weighted by Crippen LogP contribution is -2.20. The van der Waals surface area contributed by atoms with Crippen LogP contribution in [0.2, 0.25) is 0 Å². The molecule has 1 rings (SSSR count). The van der Waals surface area contributed by atoms with Gasteiger partial charge in [0.2, 0.25) is 0 Å². The van der Waals surface area contributed by atoms with Crippen LogP contribution in [0.4, 0.5) is 8.78 Å². The van der Waals surface area contributed by atoms with Gasteiger partial charge in [0.15, 0.2) is 0 Å². The Bertz CT molecular complexity index is 163. The van der Waals surface area contributed by atoms with Gasteiger partial charge in [-0.2, -0.15) is 0 Å². The van der Waals surface area contributed by atoms with Crippen molar-refractivity contribution in [3.63, 3.8) is 0 Å². The predicted molar refractivity (Wildman–Crippen MR) is 35.4 cm³/mol. The predicted octanol–water partition coefficient (Wildman–Crippen LogP) is 0.809. The van der Waals surface area contributed by atoms with Crippen molar-refractivity contribution in [2.45, 2.75) is 6.43 Å². The minimum Gasteiger partial charge on any atom is -0.382 e. The highest BCUT2D eigenvalue weighted by Gasteiger charge is 2.09. The molecular weight excluding hydrogens is 138 g/mol. The molecule has 0 aromatic carbocycles. The Balaban J connectivity index is 2.57. The first kappa shape index (κ1) is 7.18. The smallest absolute Gasteiger partial charge is 0.277 e. The summed E-state index contributed by atoms with van der Waals surface area (Å²) in [6, 6.07) is 0. The van der Waals surface area contributed by atoms with E-state index >= 15 is 0 Å². The molecule has 1 heterocycles. The van der Waals surface area contributed by atoms with Gasteiger partial charge in [-0.05, 0) is 6.08 Å². The summed E-state index contributed by atoms with van der Waals surface area (Å²) in [6.45, 7) is 1.05. The van der Waals surface area contributed by atoms with Gasteiger partial charge >= 0.3 is 0 Å². The average Bonchev–Trinajstić information content (AvgIpc) is 2.12. The maximum atomic E-state index is 11.9. The Kier molecular flexibility index (Phi) is 2.36. The van der Waals surface area contributed by atoms with Gasteiger partial charge < -0.3 is 5.32 Å². The number of nitrogens with zero attached hydrogens (tertiary/aromatic N) is 1. The zero-order chi connectivity index (χ0) is 7.40. The Morgan fingerprint density at radius 3 is 3.10 bits per heavy atom. The Hall–Kier alpha value is -0.930. The molecule has 0 saturated heterocycles. The first-order valence-corrected chi connectivity index (χ1v) is 3.03. The molecule has 2 nitrogen and oxygen atoms in total. The molecule has 0 bridgehead atoms. The first-order valence-electron chi connectivity index (χ1n) is 3.03. The summed E-state index contributed by atoms with van der Waals surface area (Å²) in [5.41, 5.74) is -0.0405. The van der Waals surface area contributed by atoms with Gasteiger partial charge in [-0.3, -0.25) is 4.99 Å². The van der Waals surface area contributed by atoms with E-state index in [0.29, 0.717) is 13.1 Å². The highest BCUT2D eigenvalue weighted by atomic mass is 19.3. The molecular formula is C6H8F2N2. The van der Waals surface area contributed by atoms with E-state index in [2.05, 4.69) is 10.3 Å². The Morgan fingerprint density at radius 1 is 1.60 bits per heavy atom.